The Balaban J connectivity index is 2.60. The van der Waals surface area contributed by atoms with E-state index in [9.17, 15) is 20.2 Å². The van der Waals surface area contributed by atoms with Gasteiger partial charge < -0.3 is 10.1 Å². The number of rotatable bonds is 5. The summed E-state index contributed by atoms with van der Waals surface area (Å²) in [6.07, 6.45) is 2.22. The van der Waals surface area contributed by atoms with Crippen molar-refractivity contribution < 1.29 is 14.7 Å². The van der Waals surface area contributed by atoms with Crippen LogP contribution >= 0.6 is 0 Å². The summed E-state index contributed by atoms with van der Waals surface area (Å²) in [5.41, 5.74) is 2.90. The van der Waals surface area contributed by atoms with Crippen molar-refractivity contribution in [3.05, 3.63) is 38.4 Å². The van der Waals surface area contributed by atoms with Crippen LogP contribution in [0, 0.1) is 20.2 Å². The van der Waals surface area contributed by atoms with Gasteiger partial charge in [0.25, 0.3) is 13.0 Å². The SMILES string of the molecule is CN(Cn1c[n+]([N-][N+](=O)[O-])cn1)[N+](=O)[O-]. The maximum absolute atomic E-state index is 10.2. The molecular weight excluding hydrogens is 210 g/mol. The third kappa shape index (κ3) is 3.06. The highest BCUT2D eigenvalue weighted by atomic mass is 16.7. The van der Waals surface area contributed by atoms with Crippen molar-refractivity contribution in [1.29, 1.82) is 0 Å². The van der Waals surface area contributed by atoms with E-state index in [0.717, 1.165) is 27.0 Å². The van der Waals surface area contributed by atoms with Crippen LogP contribution in [0.1, 0.15) is 0 Å². The van der Waals surface area contributed by atoms with Crippen molar-refractivity contribution in [1.82, 2.24) is 14.8 Å². The molecular formula is C4H7N7O4. The topological polar surface area (TPSA) is 125 Å². The lowest BCUT2D eigenvalue weighted by Gasteiger charge is -2.07. The Bertz CT molecular complexity index is 375. The van der Waals surface area contributed by atoms with E-state index in [-0.39, 0.29) is 6.67 Å². The summed E-state index contributed by atoms with van der Waals surface area (Å²) in [7, 11) is 1.25. The van der Waals surface area contributed by atoms with Crippen LogP contribution in [0.3, 0.4) is 0 Å². The van der Waals surface area contributed by atoms with Crippen LogP contribution in [-0.2, 0) is 6.67 Å². The minimum Gasteiger partial charge on any atom is -0.373 e. The second-order valence-corrected chi connectivity index (χ2v) is 2.53. The van der Waals surface area contributed by atoms with Crippen molar-refractivity contribution in [3.8, 4) is 0 Å². The first-order chi connectivity index (χ1) is 6.99. The first-order valence-electron chi connectivity index (χ1n) is 3.64. The molecule has 0 bridgehead atoms. The van der Waals surface area contributed by atoms with Crippen LogP contribution in [0.25, 0.3) is 5.53 Å². The third-order valence-electron chi connectivity index (χ3n) is 1.37. The number of aromatic nitrogens is 3. The van der Waals surface area contributed by atoms with Crippen LogP contribution in [0.5, 0.6) is 0 Å². The lowest BCUT2D eigenvalue weighted by atomic mass is 10.9. The second-order valence-electron chi connectivity index (χ2n) is 2.53. The van der Waals surface area contributed by atoms with Crippen molar-refractivity contribution in [2.45, 2.75) is 6.67 Å². The lowest BCUT2D eigenvalue weighted by molar-refractivity contribution is -0.738. The monoisotopic (exact) mass is 217 g/mol. The summed E-state index contributed by atoms with van der Waals surface area (Å²) in [5, 5.41) is 23.1. The van der Waals surface area contributed by atoms with E-state index in [2.05, 4.69) is 10.6 Å². The van der Waals surface area contributed by atoms with Gasteiger partial charge in [-0.15, -0.1) is 5.03 Å². The molecule has 1 aromatic heterocycles. The molecule has 0 N–H and O–H groups in total. The summed E-state index contributed by atoms with van der Waals surface area (Å²) >= 11 is 0. The van der Waals surface area contributed by atoms with Crippen LogP contribution in [0.4, 0.5) is 0 Å². The van der Waals surface area contributed by atoms with E-state index in [0.29, 0.717) is 0 Å². The fourth-order valence-electron chi connectivity index (χ4n) is 0.780. The second kappa shape index (κ2) is 4.17. The summed E-state index contributed by atoms with van der Waals surface area (Å²) in [6.45, 7) is -0.132. The highest BCUT2D eigenvalue weighted by Crippen LogP contribution is 1.88. The van der Waals surface area contributed by atoms with Gasteiger partial charge in [-0.05, 0) is 4.68 Å². The molecule has 15 heavy (non-hydrogen) atoms. The van der Waals surface area contributed by atoms with E-state index in [1.54, 1.807) is 0 Å². The number of hydrazine groups is 1. The van der Waals surface area contributed by atoms with Crippen molar-refractivity contribution in [3.63, 3.8) is 0 Å². The van der Waals surface area contributed by atoms with Crippen molar-refractivity contribution in [2.24, 2.45) is 0 Å². The average Bonchev–Trinajstić information content (AvgIpc) is 2.51. The third-order valence-corrected chi connectivity index (χ3v) is 1.37. The quantitative estimate of drug-likeness (QED) is 0.338. The molecule has 0 aliphatic heterocycles. The molecule has 82 valence electrons. The molecule has 0 spiro atoms. The molecule has 0 amide bonds. The van der Waals surface area contributed by atoms with Gasteiger partial charge in [-0.3, -0.25) is 5.53 Å². The zero-order valence-electron chi connectivity index (χ0n) is 7.63. The average molecular weight is 217 g/mol. The van der Waals surface area contributed by atoms with Gasteiger partial charge in [-0.2, -0.15) is 0 Å². The lowest BCUT2D eigenvalue weighted by Crippen LogP contribution is -2.31. The van der Waals surface area contributed by atoms with Gasteiger partial charge in [0, 0.05) is 0 Å². The molecule has 0 fully saturated rings. The Labute approximate surface area is 82.7 Å². The molecule has 0 radical (unpaired) electrons. The van der Waals surface area contributed by atoms with E-state index >= 15 is 0 Å². The summed E-state index contributed by atoms with van der Waals surface area (Å²) < 4.78 is 1.98. The highest BCUT2D eigenvalue weighted by Gasteiger charge is 2.15. The largest absolute Gasteiger partial charge is 0.373 e. The first-order valence-corrected chi connectivity index (χ1v) is 3.64. The molecule has 1 heterocycles. The highest BCUT2D eigenvalue weighted by molar-refractivity contribution is 4.46. The van der Waals surface area contributed by atoms with Gasteiger partial charge in [-0.25, -0.2) is 14.8 Å². The standard InChI is InChI=1S/C4H7N7O4/c1-7(11(14)15)3-9-4-8(2-5-9)6-10(12)13/h2,4H,3H2,1H3. The Morgan fingerprint density at radius 1 is 1.60 bits per heavy atom. The minimum atomic E-state index is -0.900. The maximum atomic E-state index is 10.2. The molecule has 0 aliphatic rings. The van der Waals surface area contributed by atoms with E-state index in [4.69, 9.17) is 0 Å². The van der Waals surface area contributed by atoms with E-state index in [1.807, 2.05) is 0 Å². The molecule has 0 atom stereocenters. The minimum absolute atomic E-state index is 0.132. The van der Waals surface area contributed by atoms with Gasteiger partial charge in [0.05, 0.1) is 7.05 Å². The molecule has 0 aromatic carbocycles. The van der Waals surface area contributed by atoms with Gasteiger partial charge in [0.2, 0.25) is 0 Å². The number of hydrogen-bond acceptors (Lipinski definition) is 5. The molecule has 0 aliphatic carbocycles. The fraction of sp³-hybridized carbons (Fsp3) is 0.500. The fourth-order valence-corrected chi connectivity index (χ4v) is 0.780. The smallest absolute Gasteiger partial charge is 0.332 e. The van der Waals surface area contributed by atoms with Gasteiger partial charge in [-0.1, -0.05) is 5.01 Å². The van der Waals surface area contributed by atoms with E-state index in [1.165, 1.54) is 7.05 Å². The van der Waals surface area contributed by atoms with E-state index < -0.39 is 10.1 Å². The summed E-state index contributed by atoms with van der Waals surface area (Å²) in [5.74, 6) is 0. The Morgan fingerprint density at radius 3 is 2.80 bits per heavy atom. The predicted octanol–water partition coefficient (Wildman–Crippen LogP) is -1.42. The molecule has 11 heteroatoms. The molecule has 1 aromatic rings. The number of nitro groups is 2. The van der Waals surface area contributed by atoms with Crippen LogP contribution in [0.2, 0.25) is 0 Å². The number of nitrogens with zero attached hydrogens (tertiary/aromatic N) is 7. The zero-order chi connectivity index (χ0) is 11.4. The predicted molar refractivity (Wildman–Crippen MR) is 42.9 cm³/mol. The molecule has 1 rings (SSSR count). The van der Waals surface area contributed by atoms with Crippen LogP contribution in [0.15, 0.2) is 12.7 Å². The van der Waals surface area contributed by atoms with Crippen LogP contribution < -0.4 is 4.68 Å². The number of hydrogen-bond donors (Lipinski definition) is 0. The Hall–Kier alpha value is -2.46. The molecule has 11 nitrogen and oxygen atoms in total. The molecule has 0 saturated carbocycles. The normalized spacial score (nSPS) is 9.67. The maximum Gasteiger partial charge on any atom is 0.332 e. The van der Waals surface area contributed by atoms with Gasteiger partial charge >= 0.3 is 6.33 Å². The Kier molecular flexibility index (Phi) is 2.95. The van der Waals surface area contributed by atoms with Crippen molar-refractivity contribution in [2.75, 3.05) is 7.05 Å². The van der Waals surface area contributed by atoms with Gasteiger partial charge in [0.1, 0.15) is 5.10 Å². The van der Waals surface area contributed by atoms with Crippen molar-refractivity contribution >= 4 is 0 Å². The summed E-state index contributed by atoms with van der Waals surface area (Å²) in [4.78, 5) is 20.2. The van der Waals surface area contributed by atoms with Gasteiger partial charge in [0.15, 0.2) is 5.03 Å². The zero-order valence-corrected chi connectivity index (χ0v) is 7.63. The molecule has 0 unspecified atom stereocenters. The van der Waals surface area contributed by atoms with Crippen LogP contribution in [-0.4, -0.2) is 31.9 Å². The molecule has 0 saturated heterocycles. The summed E-state index contributed by atoms with van der Waals surface area (Å²) in [6, 6.07) is 0. The Morgan fingerprint density at radius 2 is 2.27 bits per heavy atom. The first kappa shape index (κ1) is 10.6.